The number of nitrogens with zero attached hydrogens (tertiary/aromatic N) is 4. The lowest BCUT2D eigenvalue weighted by atomic mass is 10.1. The van der Waals surface area contributed by atoms with Crippen LogP contribution in [-0.2, 0) is 16.1 Å². The summed E-state index contributed by atoms with van der Waals surface area (Å²) in [6.45, 7) is 5.34. The summed E-state index contributed by atoms with van der Waals surface area (Å²) in [7, 11) is 0. The third-order valence-electron chi connectivity index (χ3n) is 7.14. The summed E-state index contributed by atoms with van der Waals surface area (Å²) in [6, 6.07) is 15.8. The van der Waals surface area contributed by atoms with Crippen molar-refractivity contribution in [3.05, 3.63) is 54.4 Å². The van der Waals surface area contributed by atoms with Crippen LogP contribution in [0.3, 0.4) is 0 Å². The number of carbonyl (C=O) groups excluding carboxylic acids is 2. The number of para-hydroxylation sites is 4. The molecule has 7 heteroatoms. The molecule has 184 valence electrons. The highest BCUT2D eigenvalue weighted by Crippen LogP contribution is 2.37. The zero-order chi connectivity index (χ0) is 24.2. The molecule has 1 unspecified atom stereocenters. The average Bonchev–Trinajstić information content (AvgIpc) is 3.31. The number of benzene rings is 2. The molecule has 1 aromatic heterocycles. The number of imidazole rings is 1. The number of likely N-dealkylation sites (tertiary alicyclic amines) is 1. The summed E-state index contributed by atoms with van der Waals surface area (Å²) >= 11 is 0. The van der Waals surface area contributed by atoms with Gasteiger partial charge in [0, 0.05) is 44.9 Å². The molecule has 5 rings (SSSR count). The Morgan fingerprint density at radius 2 is 1.77 bits per heavy atom. The molecule has 0 radical (unpaired) electrons. The third kappa shape index (κ3) is 4.90. The van der Waals surface area contributed by atoms with E-state index in [1.54, 1.807) is 0 Å². The average molecular weight is 475 g/mol. The Hall–Kier alpha value is -3.35. The second kappa shape index (κ2) is 10.5. The minimum atomic E-state index is -0.0436. The molecule has 2 aliphatic rings. The van der Waals surface area contributed by atoms with Gasteiger partial charge in [0.05, 0.1) is 23.3 Å². The first-order valence-electron chi connectivity index (χ1n) is 12.9. The summed E-state index contributed by atoms with van der Waals surface area (Å²) in [5, 5.41) is 0. The van der Waals surface area contributed by atoms with Crippen LogP contribution < -0.4 is 9.64 Å². The number of anilines is 1. The second-order valence-electron chi connectivity index (χ2n) is 9.46. The van der Waals surface area contributed by atoms with Crippen molar-refractivity contribution in [2.75, 3.05) is 31.1 Å². The number of aryl methyl sites for hydroxylation is 1. The van der Waals surface area contributed by atoms with Crippen LogP contribution in [0.15, 0.2) is 48.5 Å². The van der Waals surface area contributed by atoms with E-state index in [4.69, 9.17) is 9.72 Å². The van der Waals surface area contributed by atoms with Crippen molar-refractivity contribution in [1.82, 2.24) is 14.5 Å². The van der Waals surface area contributed by atoms with E-state index in [-0.39, 0.29) is 17.7 Å². The van der Waals surface area contributed by atoms with Gasteiger partial charge in [-0.1, -0.05) is 37.1 Å². The van der Waals surface area contributed by atoms with E-state index >= 15 is 0 Å². The largest absolute Gasteiger partial charge is 0.492 e. The van der Waals surface area contributed by atoms with Crippen LogP contribution in [0.25, 0.3) is 11.0 Å². The van der Waals surface area contributed by atoms with E-state index in [1.807, 2.05) is 59.2 Å². The Kier molecular flexibility index (Phi) is 7.02. The molecule has 3 heterocycles. The fraction of sp³-hybridized carbons (Fsp3) is 0.464. The standard InChI is InChI=1S/C28H34N4O3/c1-2-35-25-14-8-7-13-24(25)32-20-21(19-27(32)34)28-29-22-11-5-6-12-23(22)31(28)18-15-26(33)30-16-9-3-4-10-17-30/h5-8,11-14,21H,2-4,9-10,15-20H2,1H3. The molecule has 0 spiro atoms. The van der Waals surface area contributed by atoms with Crippen LogP contribution in [0, 0.1) is 0 Å². The maximum atomic E-state index is 13.1. The third-order valence-corrected chi connectivity index (χ3v) is 7.14. The van der Waals surface area contributed by atoms with Crippen molar-refractivity contribution >= 4 is 28.5 Å². The number of rotatable bonds is 7. The first kappa shape index (κ1) is 23.4. The monoisotopic (exact) mass is 474 g/mol. The molecule has 0 N–H and O–H groups in total. The predicted octanol–water partition coefficient (Wildman–Crippen LogP) is 4.75. The van der Waals surface area contributed by atoms with Crippen LogP contribution in [-0.4, -0.2) is 52.5 Å². The summed E-state index contributed by atoms with van der Waals surface area (Å²) in [4.78, 5) is 34.9. The summed E-state index contributed by atoms with van der Waals surface area (Å²) in [6.07, 6.45) is 5.44. The molecular formula is C28H34N4O3. The first-order valence-corrected chi connectivity index (χ1v) is 12.9. The topological polar surface area (TPSA) is 67.7 Å². The Morgan fingerprint density at radius 1 is 1.03 bits per heavy atom. The number of hydrogen-bond donors (Lipinski definition) is 0. The lowest BCUT2D eigenvalue weighted by molar-refractivity contribution is -0.131. The molecule has 0 saturated carbocycles. The molecule has 2 saturated heterocycles. The van der Waals surface area contributed by atoms with E-state index in [0.29, 0.717) is 32.5 Å². The van der Waals surface area contributed by atoms with Crippen LogP contribution in [0.1, 0.15) is 57.2 Å². The normalized spacial score (nSPS) is 18.8. The van der Waals surface area contributed by atoms with Gasteiger partial charge in [0.2, 0.25) is 11.8 Å². The van der Waals surface area contributed by atoms with Gasteiger partial charge in [0.1, 0.15) is 11.6 Å². The number of hydrogen-bond acceptors (Lipinski definition) is 4. The Labute approximate surface area is 206 Å². The van der Waals surface area contributed by atoms with Gasteiger partial charge in [0.15, 0.2) is 0 Å². The minimum absolute atomic E-state index is 0.0436. The van der Waals surface area contributed by atoms with Gasteiger partial charge in [0.25, 0.3) is 0 Å². The number of amides is 2. The van der Waals surface area contributed by atoms with Gasteiger partial charge in [-0.25, -0.2) is 4.98 Å². The minimum Gasteiger partial charge on any atom is -0.492 e. The first-order chi connectivity index (χ1) is 17.2. The van der Waals surface area contributed by atoms with Crippen LogP contribution in [0.2, 0.25) is 0 Å². The highest BCUT2D eigenvalue weighted by Gasteiger charge is 2.36. The van der Waals surface area contributed by atoms with Gasteiger partial charge < -0.3 is 19.1 Å². The van der Waals surface area contributed by atoms with Gasteiger partial charge in [-0.15, -0.1) is 0 Å². The van der Waals surface area contributed by atoms with E-state index in [0.717, 1.165) is 54.2 Å². The fourth-order valence-electron chi connectivity index (χ4n) is 5.40. The molecule has 1 atom stereocenters. The van der Waals surface area contributed by atoms with Crippen molar-refractivity contribution in [2.45, 2.75) is 57.9 Å². The quantitative estimate of drug-likeness (QED) is 0.496. The van der Waals surface area contributed by atoms with Crippen LogP contribution >= 0.6 is 0 Å². The molecule has 0 aliphatic carbocycles. The SMILES string of the molecule is CCOc1ccccc1N1CC(c2nc3ccccc3n2CCC(=O)N2CCCCCC2)CC1=O. The van der Waals surface area contributed by atoms with Crippen molar-refractivity contribution in [2.24, 2.45) is 0 Å². The lowest BCUT2D eigenvalue weighted by Gasteiger charge is -2.22. The zero-order valence-electron chi connectivity index (χ0n) is 20.5. The van der Waals surface area contributed by atoms with Gasteiger partial charge in [-0.3, -0.25) is 9.59 Å². The molecular weight excluding hydrogens is 440 g/mol. The van der Waals surface area contributed by atoms with Crippen molar-refractivity contribution in [3.63, 3.8) is 0 Å². The fourth-order valence-corrected chi connectivity index (χ4v) is 5.40. The highest BCUT2D eigenvalue weighted by molar-refractivity contribution is 5.98. The van der Waals surface area contributed by atoms with E-state index < -0.39 is 0 Å². The molecule has 2 fully saturated rings. The molecule has 0 bridgehead atoms. The van der Waals surface area contributed by atoms with E-state index in [1.165, 1.54) is 12.8 Å². The Balaban J connectivity index is 1.39. The highest BCUT2D eigenvalue weighted by atomic mass is 16.5. The predicted molar refractivity (Wildman–Crippen MR) is 137 cm³/mol. The van der Waals surface area contributed by atoms with Crippen molar-refractivity contribution < 1.29 is 14.3 Å². The van der Waals surface area contributed by atoms with Crippen molar-refractivity contribution in [3.8, 4) is 5.75 Å². The van der Waals surface area contributed by atoms with Gasteiger partial charge >= 0.3 is 0 Å². The molecule has 2 aromatic carbocycles. The van der Waals surface area contributed by atoms with Crippen molar-refractivity contribution in [1.29, 1.82) is 0 Å². The summed E-state index contributed by atoms with van der Waals surface area (Å²) < 4.78 is 7.95. The Bertz CT molecular complexity index is 1200. The number of aromatic nitrogens is 2. The number of ether oxygens (including phenoxy) is 1. The molecule has 3 aromatic rings. The van der Waals surface area contributed by atoms with Gasteiger partial charge in [-0.2, -0.15) is 0 Å². The maximum absolute atomic E-state index is 13.1. The maximum Gasteiger partial charge on any atom is 0.227 e. The van der Waals surface area contributed by atoms with E-state index in [2.05, 4.69) is 10.6 Å². The lowest BCUT2D eigenvalue weighted by Crippen LogP contribution is -2.32. The molecule has 2 aliphatic heterocycles. The van der Waals surface area contributed by atoms with E-state index in [9.17, 15) is 9.59 Å². The van der Waals surface area contributed by atoms with Gasteiger partial charge in [-0.05, 0) is 44.0 Å². The Morgan fingerprint density at radius 3 is 2.57 bits per heavy atom. The smallest absolute Gasteiger partial charge is 0.227 e. The van der Waals surface area contributed by atoms with Crippen LogP contribution in [0.5, 0.6) is 5.75 Å². The zero-order valence-corrected chi connectivity index (χ0v) is 20.5. The summed E-state index contributed by atoms with van der Waals surface area (Å²) in [5.74, 6) is 1.85. The molecule has 35 heavy (non-hydrogen) atoms. The number of fused-ring (bicyclic) bond motifs is 1. The second-order valence-corrected chi connectivity index (χ2v) is 9.46. The summed E-state index contributed by atoms with van der Waals surface area (Å²) in [5.41, 5.74) is 2.73. The molecule has 7 nitrogen and oxygen atoms in total. The van der Waals surface area contributed by atoms with Crippen LogP contribution in [0.4, 0.5) is 5.69 Å². The number of carbonyl (C=O) groups is 2. The molecule has 2 amide bonds.